The highest BCUT2D eigenvalue weighted by Crippen LogP contribution is 2.21. The molecule has 0 saturated heterocycles. The zero-order valence-electron chi connectivity index (χ0n) is 12.1. The first kappa shape index (κ1) is 14.5. The van der Waals surface area contributed by atoms with Crippen LogP contribution in [0, 0.1) is 13.8 Å². The van der Waals surface area contributed by atoms with Gasteiger partial charge in [0.1, 0.15) is 0 Å². The summed E-state index contributed by atoms with van der Waals surface area (Å²) in [6, 6.07) is 7.62. The second-order valence-corrected chi connectivity index (χ2v) is 5.59. The van der Waals surface area contributed by atoms with E-state index in [0.717, 1.165) is 22.5 Å². The molecule has 0 spiro atoms. The molecular weight excluding hydrogens is 302 g/mol. The Kier molecular flexibility index (Phi) is 3.58. The van der Waals surface area contributed by atoms with Crippen molar-refractivity contribution in [2.45, 2.75) is 20.3 Å². The standard InChI is InChI=1S/C16H14ClN3O2/c1-9-13(7-11-4-3-5-12(17)6-11)10(2)20-15(19-9)14(8-18-20)16(21)22/h3-6,8H,7H2,1-2H3,(H,21,22)/p-1. The molecule has 2 aromatic heterocycles. The van der Waals surface area contributed by atoms with Gasteiger partial charge in [-0.05, 0) is 37.1 Å². The maximum atomic E-state index is 11.1. The first-order chi connectivity index (χ1) is 10.5. The predicted octanol–water partition coefficient (Wildman–Crippen LogP) is 1.95. The van der Waals surface area contributed by atoms with Gasteiger partial charge in [0.25, 0.3) is 0 Å². The fourth-order valence-electron chi connectivity index (χ4n) is 2.56. The molecule has 0 aliphatic carbocycles. The Hall–Kier alpha value is -2.40. The van der Waals surface area contributed by atoms with Crippen molar-refractivity contribution in [1.29, 1.82) is 0 Å². The summed E-state index contributed by atoms with van der Waals surface area (Å²) in [7, 11) is 0. The van der Waals surface area contributed by atoms with Crippen LogP contribution in [0.1, 0.15) is 32.9 Å². The number of carbonyl (C=O) groups excluding carboxylic acids is 1. The van der Waals surface area contributed by atoms with Gasteiger partial charge in [-0.25, -0.2) is 9.50 Å². The van der Waals surface area contributed by atoms with Crippen LogP contribution in [0.25, 0.3) is 5.65 Å². The van der Waals surface area contributed by atoms with E-state index in [0.29, 0.717) is 17.1 Å². The lowest BCUT2D eigenvalue weighted by molar-refractivity contribution is -0.254. The Bertz CT molecular complexity index is 886. The number of hydrogen-bond acceptors (Lipinski definition) is 4. The number of carboxylic acids is 1. The van der Waals surface area contributed by atoms with Crippen LogP contribution < -0.4 is 5.11 Å². The number of halogens is 1. The largest absolute Gasteiger partial charge is 0.545 e. The predicted molar refractivity (Wildman–Crippen MR) is 81.0 cm³/mol. The number of aryl methyl sites for hydroxylation is 2. The third kappa shape index (κ3) is 2.44. The summed E-state index contributed by atoms with van der Waals surface area (Å²) in [4.78, 5) is 15.5. The Balaban J connectivity index is 2.13. The zero-order valence-corrected chi connectivity index (χ0v) is 12.9. The number of fused-ring (bicyclic) bond motifs is 1. The van der Waals surface area contributed by atoms with E-state index in [1.807, 2.05) is 38.1 Å². The number of aromatic nitrogens is 3. The number of nitrogens with zero attached hydrogens (tertiary/aromatic N) is 3. The van der Waals surface area contributed by atoms with E-state index in [2.05, 4.69) is 10.1 Å². The Morgan fingerprint density at radius 2 is 2.14 bits per heavy atom. The van der Waals surface area contributed by atoms with E-state index in [4.69, 9.17) is 11.6 Å². The molecule has 0 radical (unpaired) electrons. The van der Waals surface area contributed by atoms with Crippen LogP contribution in [0.15, 0.2) is 30.5 Å². The first-order valence-corrected chi connectivity index (χ1v) is 7.14. The Labute approximate surface area is 132 Å². The highest BCUT2D eigenvalue weighted by Gasteiger charge is 2.14. The Morgan fingerprint density at radius 1 is 1.36 bits per heavy atom. The molecule has 0 bridgehead atoms. The van der Waals surface area contributed by atoms with Crippen LogP contribution in [0.4, 0.5) is 0 Å². The summed E-state index contributed by atoms with van der Waals surface area (Å²) in [6.07, 6.45) is 1.93. The average molecular weight is 315 g/mol. The number of aromatic carboxylic acids is 1. The van der Waals surface area contributed by atoms with Gasteiger partial charge in [0, 0.05) is 22.8 Å². The molecule has 0 N–H and O–H groups in total. The molecule has 0 fully saturated rings. The Morgan fingerprint density at radius 3 is 2.82 bits per heavy atom. The molecule has 3 rings (SSSR count). The maximum absolute atomic E-state index is 11.1. The van der Waals surface area contributed by atoms with E-state index in [-0.39, 0.29) is 5.56 Å². The maximum Gasteiger partial charge on any atom is 0.164 e. The van der Waals surface area contributed by atoms with Gasteiger partial charge in [-0.1, -0.05) is 23.7 Å². The van der Waals surface area contributed by atoms with Crippen LogP contribution in [0.2, 0.25) is 5.02 Å². The number of rotatable bonds is 3. The second kappa shape index (κ2) is 5.42. The van der Waals surface area contributed by atoms with Gasteiger partial charge in [-0.3, -0.25) is 0 Å². The summed E-state index contributed by atoms with van der Waals surface area (Å²) in [6.45, 7) is 3.76. The van der Waals surface area contributed by atoms with Crippen molar-refractivity contribution in [2.75, 3.05) is 0 Å². The van der Waals surface area contributed by atoms with Gasteiger partial charge in [-0.15, -0.1) is 0 Å². The van der Waals surface area contributed by atoms with Crippen molar-refractivity contribution >= 4 is 23.2 Å². The molecule has 5 nitrogen and oxygen atoms in total. The van der Waals surface area contributed by atoms with Gasteiger partial charge in [0.15, 0.2) is 5.65 Å². The van der Waals surface area contributed by atoms with Gasteiger partial charge < -0.3 is 9.90 Å². The molecule has 1 aromatic carbocycles. The van der Waals surface area contributed by atoms with E-state index in [9.17, 15) is 9.90 Å². The van der Waals surface area contributed by atoms with Crippen molar-refractivity contribution in [3.63, 3.8) is 0 Å². The molecule has 2 heterocycles. The third-order valence-corrected chi connectivity index (χ3v) is 3.93. The molecule has 0 atom stereocenters. The minimum Gasteiger partial charge on any atom is -0.545 e. The lowest BCUT2D eigenvalue weighted by Crippen LogP contribution is -2.22. The van der Waals surface area contributed by atoms with E-state index < -0.39 is 5.97 Å². The fraction of sp³-hybridized carbons (Fsp3) is 0.188. The first-order valence-electron chi connectivity index (χ1n) is 6.77. The van der Waals surface area contributed by atoms with Crippen LogP contribution in [-0.2, 0) is 6.42 Å². The highest BCUT2D eigenvalue weighted by molar-refractivity contribution is 6.30. The van der Waals surface area contributed by atoms with Gasteiger partial charge in [0.2, 0.25) is 0 Å². The summed E-state index contributed by atoms with van der Waals surface area (Å²) >= 11 is 6.02. The van der Waals surface area contributed by atoms with Crippen molar-refractivity contribution in [2.24, 2.45) is 0 Å². The molecule has 0 aliphatic heterocycles. The lowest BCUT2D eigenvalue weighted by atomic mass is 10.0. The monoisotopic (exact) mass is 314 g/mol. The highest BCUT2D eigenvalue weighted by atomic mass is 35.5. The molecule has 22 heavy (non-hydrogen) atoms. The van der Waals surface area contributed by atoms with E-state index in [1.165, 1.54) is 10.7 Å². The van der Waals surface area contributed by atoms with Gasteiger partial charge in [0.05, 0.1) is 17.7 Å². The second-order valence-electron chi connectivity index (χ2n) is 5.15. The van der Waals surface area contributed by atoms with Crippen LogP contribution in [0.5, 0.6) is 0 Å². The van der Waals surface area contributed by atoms with Gasteiger partial charge >= 0.3 is 0 Å². The summed E-state index contributed by atoms with van der Waals surface area (Å²) in [5, 5.41) is 15.9. The fourth-order valence-corrected chi connectivity index (χ4v) is 2.77. The minimum atomic E-state index is -1.27. The average Bonchev–Trinajstić information content (AvgIpc) is 2.87. The number of benzene rings is 1. The molecule has 3 aromatic rings. The summed E-state index contributed by atoms with van der Waals surface area (Å²) in [5.41, 5.74) is 4.00. The lowest BCUT2D eigenvalue weighted by Gasteiger charge is -2.12. The van der Waals surface area contributed by atoms with E-state index >= 15 is 0 Å². The summed E-state index contributed by atoms with van der Waals surface area (Å²) < 4.78 is 1.54. The third-order valence-electron chi connectivity index (χ3n) is 3.70. The van der Waals surface area contributed by atoms with Gasteiger partial charge in [-0.2, -0.15) is 5.10 Å². The van der Waals surface area contributed by atoms with Crippen molar-refractivity contribution in [3.8, 4) is 0 Å². The molecule has 112 valence electrons. The van der Waals surface area contributed by atoms with Crippen molar-refractivity contribution in [3.05, 3.63) is 63.6 Å². The summed E-state index contributed by atoms with van der Waals surface area (Å²) in [5.74, 6) is -1.27. The van der Waals surface area contributed by atoms with Crippen LogP contribution >= 0.6 is 11.6 Å². The van der Waals surface area contributed by atoms with E-state index in [1.54, 1.807) is 0 Å². The number of carbonyl (C=O) groups is 1. The molecule has 0 amide bonds. The topological polar surface area (TPSA) is 70.3 Å². The normalized spacial score (nSPS) is 11.0. The molecule has 0 saturated carbocycles. The SMILES string of the molecule is Cc1nc2c(C(=O)[O-])cnn2c(C)c1Cc1cccc(Cl)c1. The molecular formula is C16H13ClN3O2-. The van der Waals surface area contributed by atoms with Crippen molar-refractivity contribution in [1.82, 2.24) is 14.6 Å². The molecule has 0 aliphatic rings. The molecule has 6 heteroatoms. The minimum absolute atomic E-state index is 0.000468. The van der Waals surface area contributed by atoms with Crippen LogP contribution in [0.3, 0.4) is 0 Å². The quantitative estimate of drug-likeness (QED) is 0.741. The smallest absolute Gasteiger partial charge is 0.164 e. The number of hydrogen-bond donors (Lipinski definition) is 0. The zero-order chi connectivity index (χ0) is 15.9. The number of carboxylic acid groups (broad SMARTS) is 1. The van der Waals surface area contributed by atoms with Crippen molar-refractivity contribution < 1.29 is 9.90 Å². The molecule has 0 unspecified atom stereocenters. The van der Waals surface area contributed by atoms with Crippen LogP contribution in [-0.4, -0.2) is 20.6 Å².